The Bertz CT molecular complexity index is 816. The zero-order valence-electron chi connectivity index (χ0n) is 12.0. The summed E-state index contributed by atoms with van der Waals surface area (Å²) < 4.78 is 26.5. The van der Waals surface area contributed by atoms with Gasteiger partial charge in [0.25, 0.3) is 0 Å². The monoisotopic (exact) mass is 337 g/mol. The lowest BCUT2D eigenvalue weighted by atomic mass is 10.2. The third-order valence-corrected chi connectivity index (χ3v) is 5.73. The number of carbonyl (C=O) groups is 1. The minimum atomic E-state index is -3.62. The highest BCUT2D eigenvalue weighted by atomic mass is 32.2. The number of nitrogens with one attached hydrogen (secondary N) is 1. The van der Waals surface area contributed by atoms with Crippen LogP contribution < -0.4 is 4.72 Å². The highest BCUT2D eigenvalue weighted by Gasteiger charge is 2.19. The van der Waals surface area contributed by atoms with Crippen LogP contribution in [0.4, 0.5) is 0 Å². The number of carboxylic acids is 1. The van der Waals surface area contributed by atoms with E-state index in [0.29, 0.717) is 9.79 Å². The van der Waals surface area contributed by atoms with Crippen molar-refractivity contribution in [3.05, 3.63) is 53.6 Å². The number of benzene rings is 2. The average molecular weight is 337 g/mol. The molecule has 0 heterocycles. The standard InChI is InChI=1S/C15H15NO4S2/c1-10-7-8-14(22(19,20)16-2)13(9-10)21-12-6-4-3-5-11(12)15(17)18/h3-9,16H,1-2H3,(H,17,18). The molecule has 0 atom stereocenters. The van der Waals surface area contributed by atoms with Gasteiger partial charge in [-0.05, 0) is 43.8 Å². The summed E-state index contributed by atoms with van der Waals surface area (Å²) in [5.41, 5.74) is 1.03. The van der Waals surface area contributed by atoms with E-state index in [0.717, 1.165) is 17.3 Å². The van der Waals surface area contributed by atoms with Crippen LogP contribution in [0.1, 0.15) is 15.9 Å². The van der Waals surface area contributed by atoms with Crippen LogP contribution in [0.15, 0.2) is 57.2 Å². The Morgan fingerprint density at radius 2 is 1.82 bits per heavy atom. The molecule has 2 aromatic rings. The van der Waals surface area contributed by atoms with E-state index in [9.17, 15) is 18.3 Å². The van der Waals surface area contributed by atoms with Crippen molar-refractivity contribution < 1.29 is 18.3 Å². The highest BCUT2D eigenvalue weighted by Crippen LogP contribution is 2.35. The third kappa shape index (κ3) is 3.49. The summed E-state index contributed by atoms with van der Waals surface area (Å²) in [6, 6.07) is 11.5. The summed E-state index contributed by atoms with van der Waals surface area (Å²) in [5.74, 6) is -1.05. The van der Waals surface area contributed by atoms with E-state index in [-0.39, 0.29) is 10.5 Å². The van der Waals surface area contributed by atoms with Gasteiger partial charge in [-0.25, -0.2) is 17.9 Å². The SMILES string of the molecule is CNS(=O)(=O)c1ccc(C)cc1Sc1ccccc1C(=O)O. The highest BCUT2D eigenvalue weighted by molar-refractivity contribution is 8.00. The van der Waals surface area contributed by atoms with Gasteiger partial charge in [-0.2, -0.15) is 0 Å². The molecule has 0 spiro atoms. The molecular formula is C15H15NO4S2. The number of sulfonamides is 1. The molecule has 0 bridgehead atoms. The van der Waals surface area contributed by atoms with E-state index in [2.05, 4.69) is 4.72 Å². The second-order valence-electron chi connectivity index (χ2n) is 4.56. The molecule has 0 amide bonds. The lowest BCUT2D eigenvalue weighted by Gasteiger charge is -2.11. The van der Waals surface area contributed by atoms with Crippen molar-refractivity contribution >= 4 is 27.8 Å². The van der Waals surface area contributed by atoms with Gasteiger partial charge >= 0.3 is 5.97 Å². The minimum Gasteiger partial charge on any atom is -0.478 e. The number of rotatable bonds is 5. The maximum absolute atomic E-state index is 12.1. The fourth-order valence-electron chi connectivity index (χ4n) is 1.88. The van der Waals surface area contributed by atoms with Crippen LogP contribution in [0.5, 0.6) is 0 Å². The fourth-order valence-corrected chi connectivity index (χ4v) is 4.19. The maximum Gasteiger partial charge on any atom is 0.336 e. The Kier molecular flexibility index (Phi) is 4.90. The van der Waals surface area contributed by atoms with Gasteiger partial charge in [-0.15, -0.1) is 0 Å². The second-order valence-corrected chi connectivity index (χ2v) is 7.50. The molecule has 0 aliphatic heterocycles. The second kappa shape index (κ2) is 6.51. The molecule has 116 valence electrons. The average Bonchev–Trinajstić information content (AvgIpc) is 2.47. The largest absolute Gasteiger partial charge is 0.478 e. The lowest BCUT2D eigenvalue weighted by molar-refractivity contribution is 0.0693. The van der Waals surface area contributed by atoms with Crippen LogP contribution in [0, 0.1) is 6.92 Å². The summed E-state index contributed by atoms with van der Waals surface area (Å²) in [5, 5.41) is 9.23. The van der Waals surface area contributed by atoms with Crippen molar-refractivity contribution in [1.29, 1.82) is 0 Å². The first-order valence-corrected chi connectivity index (χ1v) is 8.69. The van der Waals surface area contributed by atoms with Gasteiger partial charge < -0.3 is 5.11 Å². The Labute approximate surface area is 133 Å². The number of aromatic carboxylic acids is 1. The van der Waals surface area contributed by atoms with Crippen LogP contribution in [-0.2, 0) is 10.0 Å². The van der Waals surface area contributed by atoms with Crippen molar-refractivity contribution in [3.8, 4) is 0 Å². The summed E-state index contributed by atoms with van der Waals surface area (Å²) in [4.78, 5) is 12.4. The van der Waals surface area contributed by atoms with E-state index < -0.39 is 16.0 Å². The number of aryl methyl sites for hydroxylation is 1. The summed E-state index contributed by atoms with van der Waals surface area (Å²) in [7, 11) is -2.27. The molecule has 0 saturated heterocycles. The van der Waals surface area contributed by atoms with Crippen LogP contribution in [0.3, 0.4) is 0 Å². The van der Waals surface area contributed by atoms with Gasteiger partial charge in [0.1, 0.15) is 0 Å². The van der Waals surface area contributed by atoms with Gasteiger partial charge in [0.2, 0.25) is 10.0 Å². The number of hydrogen-bond donors (Lipinski definition) is 2. The van der Waals surface area contributed by atoms with E-state index in [1.54, 1.807) is 30.3 Å². The zero-order chi connectivity index (χ0) is 16.3. The maximum atomic E-state index is 12.1. The van der Waals surface area contributed by atoms with Gasteiger partial charge in [-0.1, -0.05) is 30.0 Å². The van der Waals surface area contributed by atoms with E-state index >= 15 is 0 Å². The molecule has 0 aliphatic carbocycles. The molecule has 0 aliphatic rings. The van der Waals surface area contributed by atoms with Crippen LogP contribution in [0.25, 0.3) is 0 Å². The van der Waals surface area contributed by atoms with Crippen molar-refractivity contribution in [1.82, 2.24) is 4.72 Å². The molecule has 5 nitrogen and oxygen atoms in total. The molecule has 0 unspecified atom stereocenters. The van der Waals surface area contributed by atoms with Gasteiger partial charge in [0.05, 0.1) is 10.5 Å². The van der Waals surface area contributed by atoms with E-state index in [1.165, 1.54) is 19.2 Å². The molecule has 0 radical (unpaired) electrons. The Hall–Kier alpha value is -1.83. The molecule has 0 aromatic heterocycles. The Morgan fingerprint density at radius 3 is 2.45 bits per heavy atom. The zero-order valence-corrected chi connectivity index (χ0v) is 13.7. The first-order valence-electron chi connectivity index (χ1n) is 6.39. The third-order valence-electron chi connectivity index (χ3n) is 2.99. The van der Waals surface area contributed by atoms with Crippen molar-refractivity contribution in [2.24, 2.45) is 0 Å². The van der Waals surface area contributed by atoms with Crippen LogP contribution in [-0.4, -0.2) is 26.5 Å². The molecule has 7 heteroatoms. The van der Waals surface area contributed by atoms with Crippen molar-refractivity contribution in [2.45, 2.75) is 21.6 Å². The fraction of sp³-hybridized carbons (Fsp3) is 0.133. The van der Waals surface area contributed by atoms with E-state index in [4.69, 9.17) is 0 Å². The molecule has 0 fully saturated rings. The normalized spacial score (nSPS) is 11.4. The number of hydrogen-bond acceptors (Lipinski definition) is 4. The molecule has 2 N–H and O–H groups in total. The minimum absolute atomic E-state index is 0.130. The first kappa shape index (κ1) is 16.5. The molecule has 2 aromatic carbocycles. The van der Waals surface area contributed by atoms with E-state index in [1.807, 2.05) is 6.92 Å². The van der Waals surface area contributed by atoms with Gasteiger partial charge in [0, 0.05) is 9.79 Å². The Morgan fingerprint density at radius 1 is 1.14 bits per heavy atom. The van der Waals surface area contributed by atoms with Crippen molar-refractivity contribution in [2.75, 3.05) is 7.05 Å². The van der Waals surface area contributed by atoms with Crippen LogP contribution in [0.2, 0.25) is 0 Å². The quantitative estimate of drug-likeness (QED) is 0.876. The van der Waals surface area contributed by atoms with Crippen LogP contribution >= 0.6 is 11.8 Å². The summed E-state index contributed by atoms with van der Waals surface area (Å²) in [6.45, 7) is 1.85. The molecule has 2 rings (SSSR count). The predicted octanol–water partition coefficient (Wildman–Crippen LogP) is 2.75. The smallest absolute Gasteiger partial charge is 0.336 e. The topological polar surface area (TPSA) is 83.5 Å². The van der Waals surface area contributed by atoms with Gasteiger partial charge in [0.15, 0.2) is 0 Å². The van der Waals surface area contributed by atoms with Crippen molar-refractivity contribution in [3.63, 3.8) is 0 Å². The number of carboxylic acid groups (broad SMARTS) is 1. The predicted molar refractivity (Wildman–Crippen MR) is 84.9 cm³/mol. The molecule has 0 saturated carbocycles. The molecule has 22 heavy (non-hydrogen) atoms. The first-order chi connectivity index (χ1) is 10.3. The molecular weight excluding hydrogens is 322 g/mol. The van der Waals surface area contributed by atoms with Gasteiger partial charge in [-0.3, -0.25) is 0 Å². The Balaban J connectivity index is 2.55. The summed E-state index contributed by atoms with van der Waals surface area (Å²) in [6.07, 6.45) is 0. The summed E-state index contributed by atoms with van der Waals surface area (Å²) >= 11 is 1.13. The lowest BCUT2D eigenvalue weighted by Crippen LogP contribution is -2.19.